The van der Waals surface area contributed by atoms with Crippen LogP contribution in [0.2, 0.25) is 10.0 Å². The number of benzene rings is 1. The molecule has 0 radical (unpaired) electrons. The van der Waals surface area contributed by atoms with Crippen LogP contribution in [0.1, 0.15) is 5.82 Å². The predicted octanol–water partition coefficient (Wildman–Crippen LogP) is 1.59. The number of aromatic nitrogens is 3. The van der Waals surface area contributed by atoms with Gasteiger partial charge in [0.1, 0.15) is 12.2 Å². The fraction of sp³-hybridized carbons (Fsp3) is 0.111. The Morgan fingerprint density at radius 2 is 1.89 bits per heavy atom. The minimum atomic E-state index is -3.69. The van der Waals surface area contributed by atoms with Gasteiger partial charge < -0.3 is 0 Å². The van der Waals surface area contributed by atoms with Crippen LogP contribution in [0.15, 0.2) is 29.4 Å². The molecule has 1 aromatic heterocycles. The molecule has 9 heteroatoms. The molecule has 0 atom stereocenters. The van der Waals surface area contributed by atoms with Crippen molar-refractivity contribution in [3.8, 4) is 0 Å². The van der Waals surface area contributed by atoms with Crippen LogP contribution in [-0.2, 0) is 16.6 Å². The lowest BCUT2D eigenvalue weighted by atomic mass is 10.4. The van der Waals surface area contributed by atoms with E-state index in [0.29, 0.717) is 5.82 Å². The summed E-state index contributed by atoms with van der Waals surface area (Å²) in [5.74, 6) is 0.409. The standard InChI is InChI=1S/C9H8Cl2N4O2S/c10-6-1-7(11)3-8(2-6)18(16,17)14-4-9-12-5-13-15-9/h1-3,5,14H,4H2,(H,12,13,15). The van der Waals surface area contributed by atoms with Gasteiger partial charge in [-0.2, -0.15) is 5.10 Å². The van der Waals surface area contributed by atoms with Gasteiger partial charge in [-0.1, -0.05) is 23.2 Å². The van der Waals surface area contributed by atoms with Gasteiger partial charge in [-0.3, -0.25) is 5.10 Å². The smallest absolute Gasteiger partial charge is 0.241 e. The SMILES string of the molecule is O=S(=O)(NCc1ncn[nH]1)c1cc(Cl)cc(Cl)c1. The minimum absolute atomic E-state index is 0.000449. The summed E-state index contributed by atoms with van der Waals surface area (Å²) < 4.78 is 26.2. The number of nitrogens with one attached hydrogen (secondary N) is 2. The van der Waals surface area contributed by atoms with E-state index in [1.54, 1.807) is 0 Å². The minimum Gasteiger partial charge on any atom is -0.262 e. The maximum atomic E-state index is 11.9. The number of hydrogen-bond donors (Lipinski definition) is 2. The van der Waals surface area contributed by atoms with E-state index in [1.165, 1.54) is 24.5 Å². The molecule has 0 bridgehead atoms. The van der Waals surface area contributed by atoms with Gasteiger partial charge in [0.15, 0.2) is 0 Å². The highest BCUT2D eigenvalue weighted by molar-refractivity contribution is 7.89. The predicted molar refractivity (Wildman–Crippen MR) is 66.9 cm³/mol. The lowest BCUT2D eigenvalue weighted by molar-refractivity contribution is 0.579. The van der Waals surface area contributed by atoms with E-state index in [-0.39, 0.29) is 21.5 Å². The Balaban J connectivity index is 2.20. The molecule has 0 aliphatic carbocycles. The van der Waals surface area contributed by atoms with E-state index in [0.717, 1.165) is 0 Å². The number of nitrogens with zero attached hydrogens (tertiary/aromatic N) is 2. The molecule has 2 aromatic rings. The summed E-state index contributed by atoms with van der Waals surface area (Å²) in [6.45, 7) is 0.00641. The van der Waals surface area contributed by atoms with E-state index in [4.69, 9.17) is 23.2 Å². The Kier molecular flexibility index (Phi) is 3.86. The van der Waals surface area contributed by atoms with E-state index < -0.39 is 10.0 Å². The summed E-state index contributed by atoms with van der Waals surface area (Å²) in [6.07, 6.45) is 1.29. The first-order valence-electron chi connectivity index (χ1n) is 4.77. The Hall–Kier alpha value is -1.15. The second kappa shape index (κ2) is 5.23. The number of aromatic amines is 1. The van der Waals surface area contributed by atoms with Gasteiger partial charge in [0.05, 0.1) is 11.4 Å². The van der Waals surface area contributed by atoms with Crippen molar-refractivity contribution in [3.63, 3.8) is 0 Å². The molecule has 0 spiro atoms. The van der Waals surface area contributed by atoms with Crippen molar-refractivity contribution in [2.45, 2.75) is 11.4 Å². The second-order valence-corrected chi connectivity index (χ2v) is 6.00. The van der Waals surface area contributed by atoms with E-state index in [2.05, 4.69) is 19.9 Å². The fourth-order valence-corrected chi connectivity index (χ4v) is 2.96. The van der Waals surface area contributed by atoms with Crippen molar-refractivity contribution >= 4 is 33.2 Å². The van der Waals surface area contributed by atoms with Gasteiger partial charge in [-0.15, -0.1) is 0 Å². The molecule has 2 N–H and O–H groups in total. The van der Waals surface area contributed by atoms with Crippen LogP contribution < -0.4 is 4.72 Å². The molecule has 0 aliphatic rings. The molecule has 96 valence electrons. The lowest BCUT2D eigenvalue weighted by Gasteiger charge is -2.06. The highest BCUT2D eigenvalue weighted by atomic mass is 35.5. The summed E-state index contributed by atoms with van der Waals surface area (Å²) in [5.41, 5.74) is 0. The maximum absolute atomic E-state index is 11.9. The van der Waals surface area contributed by atoms with Crippen molar-refractivity contribution in [1.29, 1.82) is 0 Å². The zero-order chi connectivity index (χ0) is 13.2. The summed E-state index contributed by atoms with van der Waals surface area (Å²) in [5, 5.41) is 6.66. The second-order valence-electron chi connectivity index (χ2n) is 3.36. The molecule has 0 fully saturated rings. The van der Waals surface area contributed by atoms with Crippen LogP contribution in [0.25, 0.3) is 0 Å². The quantitative estimate of drug-likeness (QED) is 0.898. The lowest BCUT2D eigenvalue weighted by Crippen LogP contribution is -2.23. The third-order valence-electron chi connectivity index (χ3n) is 2.04. The topological polar surface area (TPSA) is 87.7 Å². The summed E-state index contributed by atoms with van der Waals surface area (Å²) in [7, 11) is -3.69. The third-order valence-corrected chi connectivity index (χ3v) is 3.86. The fourth-order valence-electron chi connectivity index (χ4n) is 1.25. The highest BCUT2D eigenvalue weighted by Crippen LogP contribution is 2.22. The molecule has 0 saturated carbocycles. The van der Waals surface area contributed by atoms with Crippen LogP contribution >= 0.6 is 23.2 Å². The van der Waals surface area contributed by atoms with Crippen LogP contribution in [0.5, 0.6) is 0 Å². The number of H-pyrrole nitrogens is 1. The molecule has 2 rings (SSSR count). The van der Waals surface area contributed by atoms with Gasteiger partial charge in [0.2, 0.25) is 10.0 Å². The third kappa shape index (κ3) is 3.20. The average molecular weight is 307 g/mol. The van der Waals surface area contributed by atoms with Gasteiger partial charge in [0, 0.05) is 10.0 Å². The van der Waals surface area contributed by atoms with Crippen molar-refractivity contribution in [2.24, 2.45) is 0 Å². The molecule has 0 aliphatic heterocycles. The van der Waals surface area contributed by atoms with E-state index in [9.17, 15) is 8.42 Å². The first-order valence-corrected chi connectivity index (χ1v) is 7.01. The Bertz CT molecular complexity index is 622. The number of rotatable bonds is 4. The number of hydrogen-bond acceptors (Lipinski definition) is 4. The molecule has 0 amide bonds. The summed E-state index contributed by atoms with van der Waals surface area (Å²) in [4.78, 5) is 3.80. The van der Waals surface area contributed by atoms with E-state index >= 15 is 0 Å². The van der Waals surface area contributed by atoms with Crippen molar-refractivity contribution in [2.75, 3.05) is 0 Å². The van der Waals surface area contributed by atoms with Crippen LogP contribution in [0.3, 0.4) is 0 Å². The Morgan fingerprint density at radius 3 is 2.44 bits per heavy atom. The Morgan fingerprint density at radius 1 is 1.22 bits per heavy atom. The van der Waals surface area contributed by atoms with Gasteiger partial charge in [0.25, 0.3) is 0 Å². The first kappa shape index (κ1) is 13.3. The summed E-state index contributed by atoms with van der Waals surface area (Å²) >= 11 is 11.5. The molecular weight excluding hydrogens is 299 g/mol. The molecule has 1 heterocycles. The van der Waals surface area contributed by atoms with Crippen molar-refractivity contribution in [3.05, 3.63) is 40.4 Å². The normalized spacial score (nSPS) is 11.7. The molecule has 18 heavy (non-hydrogen) atoms. The molecular formula is C9H8Cl2N4O2S. The monoisotopic (exact) mass is 306 g/mol. The van der Waals surface area contributed by atoms with Crippen LogP contribution in [-0.4, -0.2) is 23.6 Å². The van der Waals surface area contributed by atoms with Gasteiger partial charge >= 0.3 is 0 Å². The zero-order valence-corrected chi connectivity index (χ0v) is 11.2. The van der Waals surface area contributed by atoms with Crippen molar-refractivity contribution < 1.29 is 8.42 Å². The largest absolute Gasteiger partial charge is 0.262 e. The van der Waals surface area contributed by atoms with Gasteiger partial charge in [-0.05, 0) is 18.2 Å². The zero-order valence-electron chi connectivity index (χ0n) is 8.89. The van der Waals surface area contributed by atoms with E-state index in [1.807, 2.05) is 0 Å². The molecule has 0 unspecified atom stereocenters. The van der Waals surface area contributed by atoms with Crippen molar-refractivity contribution in [1.82, 2.24) is 19.9 Å². The average Bonchev–Trinajstić information content (AvgIpc) is 2.78. The first-order chi connectivity index (χ1) is 8.47. The maximum Gasteiger partial charge on any atom is 0.241 e. The molecule has 6 nitrogen and oxygen atoms in total. The van der Waals surface area contributed by atoms with Crippen LogP contribution in [0, 0.1) is 0 Å². The molecule has 0 saturated heterocycles. The highest BCUT2D eigenvalue weighted by Gasteiger charge is 2.15. The number of sulfonamides is 1. The summed E-state index contributed by atoms with van der Waals surface area (Å²) in [6, 6.07) is 4.09. The number of halogens is 2. The molecule has 1 aromatic carbocycles. The van der Waals surface area contributed by atoms with Gasteiger partial charge in [-0.25, -0.2) is 18.1 Å². The Labute approximate surface area is 113 Å². The van der Waals surface area contributed by atoms with Crippen LogP contribution in [0.4, 0.5) is 0 Å².